The van der Waals surface area contributed by atoms with Gasteiger partial charge in [0.15, 0.2) is 0 Å². The van der Waals surface area contributed by atoms with Crippen molar-refractivity contribution in [1.82, 2.24) is 0 Å². The minimum atomic E-state index is -1.52. The van der Waals surface area contributed by atoms with Gasteiger partial charge in [-0.15, -0.1) is 0 Å². The van der Waals surface area contributed by atoms with Gasteiger partial charge in [0.05, 0.1) is 22.3 Å². The number of aliphatic hydroxyl groups is 1. The number of aliphatic hydroxyl groups excluding tert-OH is 1. The molecule has 0 aliphatic heterocycles. The molecule has 0 aliphatic rings. The topological polar surface area (TPSA) is 38.7 Å². The molecule has 0 aromatic carbocycles. The largest absolute Gasteiger partial charge is 0.389 e. The van der Waals surface area contributed by atoms with E-state index in [1.54, 1.807) is 0 Å². The molecule has 0 aromatic heterocycles. The number of hydrogen-bond acceptors (Lipinski definition) is 3. The van der Waals surface area contributed by atoms with Crippen molar-refractivity contribution in [3.63, 3.8) is 0 Å². The molecule has 150 valence electrons. The van der Waals surface area contributed by atoms with Gasteiger partial charge in [0.25, 0.3) is 0 Å². The van der Waals surface area contributed by atoms with Crippen molar-refractivity contribution in [3.05, 3.63) is 10.9 Å². The van der Waals surface area contributed by atoms with Gasteiger partial charge in [-0.1, -0.05) is 76.7 Å². The zero-order valence-corrected chi connectivity index (χ0v) is 21.5. The van der Waals surface area contributed by atoms with Crippen LogP contribution in [0.4, 0.5) is 0 Å². The molecule has 0 radical (unpaired) electrons. The van der Waals surface area contributed by atoms with E-state index >= 15 is 0 Å². The summed E-state index contributed by atoms with van der Waals surface area (Å²) in [4.78, 5) is 0. The molecule has 0 aromatic rings. The van der Waals surface area contributed by atoms with Crippen LogP contribution in [0, 0.1) is 5.92 Å². The quantitative estimate of drug-likeness (QED) is 0.269. The van der Waals surface area contributed by atoms with Crippen LogP contribution in [0.25, 0.3) is 0 Å². The lowest BCUT2D eigenvalue weighted by molar-refractivity contribution is -0.0549. The molecule has 0 rings (SSSR count). The van der Waals surface area contributed by atoms with Gasteiger partial charge in [-0.05, 0) is 18.4 Å². The van der Waals surface area contributed by atoms with Gasteiger partial charge in [-0.25, -0.2) is 0 Å². The summed E-state index contributed by atoms with van der Waals surface area (Å²) in [7, 11) is -3.89. The van der Waals surface area contributed by atoms with Crippen molar-refractivity contribution in [2.75, 3.05) is 20.0 Å². The molecule has 6 heteroatoms. The number of ether oxygens (including phenoxy) is 2. The lowest BCUT2D eigenvalue weighted by atomic mass is 10.0. The Kier molecular flexibility index (Phi) is 10.7. The van der Waals surface area contributed by atoms with E-state index in [0.717, 1.165) is 13.0 Å². The Balaban J connectivity index is 4.36. The number of hydrogen-bond donors (Lipinski definition) is 1. The van der Waals surface area contributed by atoms with E-state index in [1.807, 2.05) is 0 Å². The van der Waals surface area contributed by atoms with Crippen LogP contribution >= 0.6 is 0 Å². The average molecular weight is 405 g/mol. The molecular formula is C19H44O3Si3. The van der Waals surface area contributed by atoms with Crippen LogP contribution in [0.5, 0.6) is 0 Å². The summed E-state index contributed by atoms with van der Waals surface area (Å²) in [6.07, 6.45) is 0.529. The summed E-state index contributed by atoms with van der Waals surface area (Å²) in [5.41, 5.74) is 2.43. The van der Waals surface area contributed by atoms with Crippen LogP contribution < -0.4 is 0 Å². The lowest BCUT2D eigenvalue weighted by Crippen LogP contribution is -2.38. The zero-order chi connectivity index (χ0) is 19.9. The third kappa shape index (κ3) is 13.1. The summed E-state index contributed by atoms with van der Waals surface area (Å²) in [6, 6.07) is 1.17. The smallest absolute Gasteiger partial charge is 0.146 e. The summed E-state index contributed by atoms with van der Waals surface area (Å²) in [5.74, 6) is 0.219. The van der Waals surface area contributed by atoms with E-state index in [4.69, 9.17) is 9.47 Å². The van der Waals surface area contributed by atoms with Crippen molar-refractivity contribution < 1.29 is 14.6 Å². The van der Waals surface area contributed by atoms with E-state index in [0.29, 0.717) is 13.4 Å². The van der Waals surface area contributed by atoms with Gasteiger partial charge in [-0.3, -0.25) is 0 Å². The van der Waals surface area contributed by atoms with Crippen LogP contribution in [0.15, 0.2) is 10.9 Å². The first kappa shape index (κ1) is 25.3. The van der Waals surface area contributed by atoms with Crippen LogP contribution in [0.3, 0.4) is 0 Å². The molecule has 25 heavy (non-hydrogen) atoms. The molecule has 1 unspecified atom stereocenters. The maximum Gasteiger partial charge on any atom is 0.146 e. The highest BCUT2D eigenvalue weighted by molar-refractivity contribution is 6.88. The van der Waals surface area contributed by atoms with Gasteiger partial charge >= 0.3 is 0 Å². The molecule has 0 spiro atoms. The molecule has 1 N–H and O–H groups in total. The lowest BCUT2D eigenvalue weighted by Gasteiger charge is -2.32. The molecule has 0 saturated heterocycles. The molecule has 0 bridgehead atoms. The van der Waals surface area contributed by atoms with E-state index < -0.39 is 24.2 Å². The highest BCUT2D eigenvalue weighted by Crippen LogP contribution is 2.27. The minimum Gasteiger partial charge on any atom is -0.389 e. The summed E-state index contributed by atoms with van der Waals surface area (Å²) in [5, 5.41) is 12.2. The first-order valence-electron chi connectivity index (χ1n) is 9.70. The maximum atomic E-state index is 10.9. The molecule has 0 aliphatic carbocycles. The molecule has 3 nitrogen and oxygen atoms in total. The molecule has 2 atom stereocenters. The van der Waals surface area contributed by atoms with Crippen molar-refractivity contribution in [1.29, 1.82) is 0 Å². The Morgan fingerprint density at radius 3 is 1.88 bits per heavy atom. The Labute approximate surface area is 160 Å². The van der Waals surface area contributed by atoms with Crippen molar-refractivity contribution >= 4 is 24.2 Å². The Hall–Kier alpha value is 0.271. The Morgan fingerprint density at radius 2 is 1.44 bits per heavy atom. The summed E-state index contributed by atoms with van der Waals surface area (Å²) < 4.78 is 11.2. The Bertz CT molecular complexity index is 404. The fourth-order valence-corrected chi connectivity index (χ4v) is 8.56. The predicted molar refractivity (Wildman–Crippen MR) is 119 cm³/mol. The monoisotopic (exact) mass is 404 g/mol. The number of rotatable bonds is 12. The van der Waals surface area contributed by atoms with E-state index in [1.165, 1.54) is 11.2 Å². The molecule has 0 heterocycles. The molecule has 0 saturated carbocycles. The van der Waals surface area contributed by atoms with Gasteiger partial charge in [0, 0.05) is 21.3 Å². The highest BCUT2D eigenvalue weighted by atomic mass is 28.3. The standard InChI is InChI=1S/C19H44O3Si3/c1-17(11-12-21-16-22-13-14-23(2,3)4)19(20)18(25(8,9)10)15-24(5,6)7/h15,17,19-20H,11-14,16H2,1-10H3/b18-15+/t17-,19?/m0/s1. The molecular weight excluding hydrogens is 360 g/mol. The predicted octanol–water partition coefficient (Wildman–Crippen LogP) is 5.38. The summed E-state index contributed by atoms with van der Waals surface area (Å²) in [6.45, 7) is 25.0. The molecule has 0 amide bonds. The van der Waals surface area contributed by atoms with Gasteiger partial charge < -0.3 is 14.6 Å². The maximum absolute atomic E-state index is 10.9. The van der Waals surface area contributed by atoms with E-state index in [2.05, 4.69) is 71.5 Å². The molecule has 0 fully saturated rings. The van der Waals surface area contributed by atoms with Gasteiger partial charge in [0.1, 0.15) is 6.79 Å². The van der Waals surface area contributed by atoms with Crippen molar-refractivity contribution in [2.45, 2.75) is 84.4 Å². The Morgan fingerprint density at radius 1 is 0.920 bits per heavy atom. The normalized spacial score (nSPS) is 16.8. The van der Waals surface area contributed by atoms with Gasteiger partial charge in [-0.2, -0.15) is 0 Å². The van der Waals surface area contributed by atoms with Crippen LogP contribution in [0.1, 0.15) is 13.3 Å². The third-order valence-electron chi connectivity index (χ3n) is 4.19. The second-order valence-corrected chi connectivity index (χ2v) is 26.4. The van der Waals surface area contributed by atoms with Crippen LogP contribution in [-0.4, -0.2) is 55.4 Å². The SMILES string of the molecule is C[C@@H](CCOCOCC[Si](C)(C)C)C(O)/C(=C\[Si](C)(C)C)[Si](C)(C)C. The average Bonchev–Trinajstić information content (AvgIpc) is 2.39. The van der Waals surface area contributed by atoms with E-state index in [-0.39, 0.29) is 12.0 Å². The minimum absolute atomic E-state index is 0.219. The first-order valence-corrected chi connectivity index (χ1v) is 20.5. The van der Waals surface area contributed by atoms with Crippen molar-refractivity contribution in [3.8, 4) is 0 Å². The van der Waals surface area contributed by atoms with E-state index in [9.17, 15) is 5.11 Å². The summed E-state index contributed by atoms with van der Waals surface area (Å²) >= 11 is 0. The highest BCUT2D eigenvalue weighted by Gasteiger charge is 2.30. The van der Waals surface area contributed by atoms with Crippen molar-refractivity contribution in [2.24, 2.45) is 5.92 Å². The van der Waals surface area contributed by atoms with Crippen LogP contribution in [-0.2, 0) is 9.47 Å². The fraction of sp³-hybridized carbons (Fsp3) is 0.895. The van der Waals surface area contributed by atoms with Crippen LogP contribution in [0.2, 0.25) is 65.0 Å². The third-order valence-corrected chi connectivity index (χ3v) is 9.53. The first-order chi connectivity index (χ1) is 11.1. The fourth-order valence-electron chi connectivity index (χ4n) is 2.50. The second-order valence-electron chi connectivity index (χ2n) is 10.7. The zero-order valence-electron chi connectivity index (χ0n) is 18.5. The second kappa shape index (κ2) is 10.6. The van der Waals surface area contributed by atoms with Gasteiger partial charge in [0.2, 0.25) is 0 Å².